The molecule has 0 atom stereocenters. The summed E-state index contributed by atoms with van der Waals surface area (Å²) >= 11 is 0. The number of nitrogens with one attached hydrogen (secondary N) is 2. The Morgan fingerprint density at radius 2 is 2.24 bits per heavy atom. The Morgan fingerprint density at radius 1 is 1.47 bits per heavy atom. The average molecular weight is 255 g/mol. The summed E-state index contributed by atoms with van der Waals surface area (Å²) in [5, 5.41) is 3.14. The zero-order valence-corrected chi connectivity index (χ0v) is 10.6. The van der Waals surface area contributed by atoms with Gasteiger partial charge in [0.25, 0.3) is 0 Å². The van der Waals surface area contributed by atoms with Crippen molar-refractivity contribution in [2.45, 2.75) is 37.1 Å². The molecule has 1 heterocycles. The summed E-state index contributed by atoms with van der Waals surface area (Å²) in [5.74, 6) is 0.457. The Bertz CT molecular complexity index is 483. The SMILES string of the molecule is CCCNS(=O)(=O)c1cccnc1NC1CC1. The van der Waals surface area contributed by atoms with Gasteiger partial charge in [-0.25, -0.2) is 18.1 Å². The Balaban J connectivity index is 2.23. The lowest BCUT2D eigenvalue weighted by Gasteiger charge is -2.11. The maximum absolute atomic E-state index is 12.0. The van der Waals surface area contributed by atoms with Gasteiger partial charge in [-0.05, 0) is 31.4 Å². The number of sulfonamides is 1. The molecule has 0 saturated heterocycles. The van der Waals surface area contributed by atoms with E-state index < -0.39 is 10.0 Å². The molecule has 1 aliphatic rings. The van der Waals surface area contributed by atoms with Gasteiger partial charge in [0.1, 0.15) is 10.7 Å². The normalized spacial score (nSPS) is 15.8. The molecule has 2 rings (SSSR count). The van der Waals surface area contributed by atoms with Crippen LogP contribution in [-0.2, 0) is 10.0 Å². The van der Waals surface area contributed by atoms with Crippen molar-refractivity contribution in [1.82, 2.24) is 9.71 Å². The van der Waals surface area contributed by atoms with Crippen molar-refractivity contribution in [3.8, 4) is 0 Å². The van der Waals surface area contributed by atoms with Crippen molar-refractivity contribution >= 4 is 15.8 Å². The van der Waals surface area contributed by atoms with Gasteiger partial charge in [0, 0.05) is 18.8 Å². The van der Waals surface area contributed by atoms with Gasteiger partial charge in [0.2, 0.25) is 10.0 Å². The maximum Gasteiger partial charge on any atom is 0.244 e. The van der Waals surface area contributed by atoms with E-state index in [2.05, 4.69) is 15.0 Å². The molecule has 1 fully saturated rings. The summed E-state index contributed by atoms with van der Waals surface area (Å²) in [4.78, 5) is 4.34. The lowest BCUT2D eigenvalue weighted by molar-refractivity contribution is 0.580. The third-order valence-corrected chi connectivity index (χ3v) is 4.01. The highest BCUT2D eigenvalue weighted by Crippen LogP contribution is 2.27. The van der Waals surface area contributed by atoms with Crippen LogP contribution in [0.4, 0.5) is 5.82 Å². The van der Waals surface area contributed by atoms with Gasteiger partial charge in [-0.3, -0.25) is 0 Å². The minimum Gasteiger partial charge on any atom is -0.366 e. The molecule has 94 valence electrons. The van der Waals surface area contributed by atoms with Crippen LogP contribution in [0, 0.1) is 0 Å². The molecule has 6 heteroatoms. The molecule has 0 aliphatic heterocycles. The summed E-state index contributed by atoms with van der Waals surface area (Å²) in [7, 11) is -3.45. The zero-order chi connectivity index (χ0) is 12.3. The minimum absolute atomic E-state index is 0.236. The van der Waals surface area contributed by atoms with Crippen LogP contribution in [0.15, 0.2) is 23.2 Å². The number of rotatable bonds is 6. The molecule has 17 heavy (non-hydrogen) atoms. The fraction of sp³-hybridized carbons (Fsp3) is 0.545. The quantitative estimate of drug-likeness (QED) is 0.805. The van der Waals surface area contributed by atoms with Gasteiger partial charge in [-0.2, -0.15) is 0 Å². The topological polar surface area (TPSA) is 71.1 Å². The van der Waals surface area contributed by atoms with Crippen molar-refractivity contribution in [2.75, 3.05) is 11.9 Å². The van der Waals surface area contributed by atoms with E-state index in [1.807, 2.05) is 6.92 Å². The van der Waals surface area contributed by atoms with E-state index in [1.165, 1.54) is 0 Å². The van der Waals surface area contributed by atoms with Crippen LogP contribution in [0.1, 0.15) is 26.2 Å². The summed E-state index contributed by atoms with van der Waals surface area (Å²) in [5.41, 5.74) is 0. The molecule has 0 radical (unpaired) electrons. The lowest BCUT2D eigenvalue weighted by Crippen LogP contribution is -2.25. The van der Waals surface area contributed by atoms with E-state index in [0.717, 1.165) is 19.3 Å². The van der Waals surface area contributed by atoms with E-state index in [0.29, 0.717) is 18.4 Å². The number of pyridine rings is 1. The predicted octanol–water partition coefficient (Wildman–Crippen LogP) is 1.34. The second-order valence-corrected chi connectivity index (χ2v) is 5.90. The molecule has 0 bridgehead atoms. The van der Waals surface area contributed by atoms with E-state index in [1.54, 1.807) is 18.3 Å². The second kappa shape index (κ2) is 5.01. The van der Waals surface area contributed by atoms with Crippen LogP contribution in [0.5, 0.6) is 0 Å². The number of aromatic nitrogens is 1. The number of hydrogen-bond donors (Lipinski definition) is 2. The molecule has 1 aromatic heterocycles. The van der Waals surface area contributed by atoms with Gasteiger partial charge in [0.15, 0.2) is 0 Å². The second-order valence-electron chi connectivity index (χ2n) is 4.17. The van der Waals surface area contributed by atoms with Crippen molar-refractivity contribution in [3.05, 3.63) is 18.3 Å². The van der Waals surface area contributed by atoms with Crippen LogP contribution in [0.2, 0.25) is 0 Å². The standard InChI is InChI=1S/C11H17N3O2S/c1-2-7-13-17(15,16)10-4-3-8-12-11(10)14-9-5-6-9/h3-4,8-9,13H,2,5-7H2,1H3,(H,12,14). The molecule has 0 amide bonds. The first-order valence-electron chi connectivity index (χ1n) is 5.84. The Morgan fingerprint density at radius 3 is 2.88 bits per heavy atom. The van der Waals surface area contributed by atoms with Gasteiger partial charge >= 0.3 is 0 Å². The monoisotopic (exact) mass is 255 g/mol. The van der Waals surface area contributed by atoms with Gasteiger partial charge in [-0.1, -0.05) is 6.92 Å². The zero-order valence-electron chi connectivity index (χ0n) is 9.81. The van der Waals surface area contributed by atoms with E-state index in [9.17, 15) is 8.42 Å². The third-order valence-electron chi connectivity index (χ3n) is 2.52. The smallest absolute Gasteiger partial charge is 0.244 e. The number of hydrogen-bond acceptors (Lipinski definition) is 4. The summed E-state index contributed by atoms with van der Waals surface area (Å²) in [6.45, 7) is 2.37. The van der Waals surface area contributed by atoms with E-state index >= 15 is 0 Å². The van der Waals surface area contributed by atoms with Crippen LogP contribution < -0.4 is 10.0 Å². The fourth-order valence-corrected chi connectivity index (χ4v) is 2.70. The Hall–Kier alpha value is -1.14. The third kappa shape index (κ3) is 3.17. The maximum atomic E-state index is 12.0. The molecule has 0 spiro atoms. The molecule has 2 N–H and O–H groups in total. The molecule has 0 aromatic carbocycles. The lowest BCUT2D eigenvalue weighted by atomic mass is 10.4. The van der Waals surface area contributed by atoms with Gasteiger partial charge in [0.05, 0.1) is 0 Å². The first kappa shape index (κ1) is 12.3. The average Bonchev–Trinajstić information content (AvgIpc) is 3.11. The summed E-state index contributed by atoms with van der Waals surface area (Å²) in [6.07, 6.45) is 4.53. The van der Waals surface area contributed by atoms with Crippen LogP contribution in [0.25, 0.3) is 0 Å². The molecular formula is C11H17N3O2S. The van der Waals surface area contributed by atoms with Crippen molar-refractivity contribution in [2.24, 2.45) is 0 Å². The molecule has 5 nitrogen and oxygen atoms in total. The van der Waals surface area contributed by atoms with Crippen LogP contribution in [-0.4, -0.2) is 26.0 Å². The van der Waals surface area contributed by atoms with Crippen molar-refractivity contribution in [1.29, 1.82) is 0 Å². The molecule has 1 aromatic rings. The van der Waals surface area contributed by atoms with Crippen molar-refractivity contribution < 1.29 is 8.42 Å². The van der Waals surface area contributed by atoms with E-state index in [4.69, 9.17) is 0 Å². The summed E-state index contributed by atoms with van der Waals surface area (Å²) < 4.78 is 26.6. The molecule has 1 aliphatic carbocycles. The first-order valence-corrected chi connectivity index (χ1v) is 7.33. The first-order chi connectivity index (χ1) is 8.13. The highest BCUT2D eigenvalue weighted by molar-refractivity contribution is 7.89. The Kier molecular flexibility index (Phi) is 3.63. The molecular weight excluding hydrogens is 238 g/mol. The van der Waals surface area contributed by atoms with Gasteiger partial charge in [-0.15, -0.1) is 0 Å². The van der Waals surface area contributed by atoms with Gasteiger partial charge < -0.3 is 5.32 Å². The van der Waals surface area contributed by atoms with E-state index in [-0.39, 0.29) is 4.90 Å². The predicted molar refractivity (Wildman–Crippen MR) is 66.4 cm³/mol. The Labute approximate surface area is 102 Å². The number of nitrogens with zero attached hydrogens (tertiary/aromatic N) is 1. The largest absolute Gasteiger partial charge is 0.366 e. The van der Waals surface area contributed by atoms with Crippen molar-refractivity contribution in [3.63, 3.8) is 0 Å². The highest BCUT2D eigenvalue weighted by atomic mass is 32.2. The molecule has 0 unspecified atom stereocenters. The van der Waals surface area contributed by atoms with Crippen LogP contribution >= 0.6 is 0 Å². The number of anilines is 1. The molecule has 1 saturated carbocycles. The summed E-state index contributed by atoms with van der Waals surface area (Å²) in [6, 6.07) is 3.60. The fourth-order valence-electron chi connectivity index (χ4n) is 1.45. The highest BCUT2D eigenvalue weighted by Gasteiger charge is 2.25. The van der Waals surface area contributed by atoms with Crippen LogP contribution in [0.3, 0.4) is 0 Å². The minimum atomic E-state index is -3.45.